The zero-order valence-corrected chi connectivity index (χ0v) is 13.1. The molecule has 1 aromatic heterocycles. The Bertz CT molecular complexity index is 587. The monoisotopic (exact) mass is 289 g/mol. The molecule has 1 aromatic carbocycles. The van der Waals surface area contributed by atoms with Crippen LogP contribution in [0.1, 0.15) is 32.2 Å². The second-order valence-electron chi connectivity index (χ2n) is 5.99. The molecule has 0 unspecified atom stereocenters. The van der Waals surface area contributed by atoms with Crippen molar-refractivity contribution in [3.8, 4) is 11.5 Å². The maximum Gasteiger partial charge on any atom is 0.247 e. The van der Waals surface area contributed by atoms with Gasteiger partial charge in [0.1, 0.15) is 0 Å². The van der Waals surface area contributed by atoms with E-state index in [1.54, 1.807) is 13.8 Å². The minimum atomic E-state index is -0.741. The predicted molar refractivity (Wildman–Crippen MR) is 81.7 cm³/mol. The van der Waals surface area contributed by atoms with Crippen molar-refractivity contribution < 1.29 is 9.52 Å². The molecule has 0 aliphatic heterocycles. The zero-order chi connectivity index (χ0) is 15.5. The molecule has 0 bridgehead atoms. The normalized spacial score (nSPS) is 12.1. The molecule has 0 aliphatic carbocycles. The van der Waals surface area contributed by atoms with Crippen LogP contribution < -0.4 is 0 Å². The Morgan fingerprint density at radius 3 is 2.67 bits per heavy atom. The lowest BCUT2D eigenvalue weighted by Gasteiger charge is -2.26. The van der Waals surface area contributed by atoms with E-state index < -0.39 is 5.60 Å². The molecule has 0 atom stereocenters. The Morgan fingerprint density at radius 1 is 1.29 bits per heavy atom. The minimum Gasteiger partial charge on any atom is -0.419 e. The number of benzene rings is 1. The highest BCUT2D eigenvalue weighted by Crippen LogP contribution is 2.19. The van der Waals surface area contributed by atoms with E-state index in [0.29, 0.717) is 24.9 Å². The number of rotatable bonds is 6. The Labute approximate surface area is 125 Å². The molecule has 21 heavy (non-hydrogen) atoms. The highest BCUT2D eigenvalue weighted by Gasteiger charge is 2.19. The molecule has 2 rings (SSSR count). The highest BCUT2D eigenvalue weighted by atomic mass is 16.4. The third kappa shape index (κ3) is 4.65. The third-order valence-electron chi connectivity index (χ3n) is 3.15. The lowest BCUT2D eigenvalue weighted by Crippen LogP contribution is -2.38. The maximum atomic E-state index is 9.90. The van der Waals surface area contributed by atoms with E-state index in [0.717, 1.165) is 17.7 Å². The molecule has 114 valence electrons. The molecule has 1 N–H and O–H groups in total. The van der Waals surface area contributed by atoms with E-state index in [2.05, 4.69) is 15.1 Å². The molecule has 0 amide bonds. The number of nitrogens with zero attached hydrogens (tertiary/aromatic N) is 3. The van der Waals surface area contributed by atoms with Crippen molar-refractivity contribution in [2.75, 3.05) is 13.1 Å². The van der Waals surface area contributed by atoms with Crippen molar-refractivity contribution in [2.45, 2.75) is 39.8 Å². The summed E-state index contributed by atoms with van der Waals surface area (Å²) in [5.41, 5.74) is 1.35. The van der Waals surface area contributed by atoms with Gasteiger partial charge in [-0.25, -0.2) is 0 Å². The highest BCUT2D eigenvalue weighted by molar-refractivity contribution is 5.53. The van der Waals surface area contributed by atoms with Gasteiger partial charge in [0.05, 0.1) is 12.1 Å². The summed E-state index contributed by atoms with van der Waals surface area (Å²) in [4.78, 5) is 2.08. The van der Waals surface area contributed by atoms with E-state index in [9.17, 15) is 5.11 Å². The number of hydrogen-bond acceptors (Lipinski definition) is 5. The lowest BCUT2D eigenvalue weighted by atomic mass is 10.1. The fraction of sp³-hybridized carbons (Fsp3) is 0.500. The first kappa shape index (κ1) is 15.7. The molecular weight excluding hydrogens is 266 g/mol. The van der Waals surface area contributed by atoms with Crippen LogP contribution in [0.25, 0.3) is 11.5 Å². The van der Waals surface area contributed by atoms with Gasteiger partial charge in [0.2, 0.25) is 11.8 Å². The molecule has 0 radical (unpaired) electrons. The molecule has 1 heterocycles. The SMILES string of the molecule is CCN(Cc1nnc(-c2cccc(C)c2)o1)CC(C)(C)O. The Kier molecular flexibility index (Phi) is 4.75. The summed E-state index contributed by atoms with van der Waals surface area (Å²) in [6, 6.07) is 7.98. The van der Waals surface area contributed by atoms with Gasteiger partial charge in [-0.3, -0.25) is 4.90 Å². The Hall–Kier alpha value is -1.72. The average molecular weight is 289 g/mol. The number of aromatic nitrogens is 2. The molecule has 5 nitrogen and oxygen atoms in total. The first-order valence-electron chi connectivity index (χ1n) is 7.21. The van der Waals surface area contributed by atoms with Gasteiger partial charge in [0, 0.05) is 12.1 Å². The molecule has 2 aromatic rings. The second-order valence-corrected chi connectivity index (χ2v) is 5.99. The van der Waals surface area contributed by atoms with Gasteiger partial charge in [0.25, 0.3) is 0 Å². The fourth-order valence-corrected chi connectivity index (χ4v) is 2.23. The van der Waals surface area contributed by atoms with Crippen molar-refractivity contribution in [1.29, 1.82) is 0 Å². The van der Waals surface area contributed by atoms with Crippen molar-refractivity contribution in [3.05, 3.63) is 35.7 Å². The maximum absolute atomic E-state index is 9.90. The first-order chi connectivity index (χ1) is 9.87. The number of aliphatic hydroxyl groups is 1. The fourth-order valence-electron chi connectivity index (χ4n) is 2.23. The molecule has 0 aliphatic rings. The molecular formula is C16H23N3O2. The first-order valence-corrected chi connectivity index (χ1v) is 7.21. The summed E-state index contributed by atoms with van der Waals surface area (Å²) < 4.78 is 5.73. The third-order valence-corrected chi connectivity index (χ3v) is 3.15. The van der Waals surface area contributed by atoms with Gasteiger partial charge in [-0.2, -0.15) is 0 Å². The van der Waals surface area contributed by atoms with E-state index in [4.69, 9.17) is 4.42 Å². The molecule has 0 spiro atoms. The summed E-state index contributed by atoms with van der Waals surface area (Å²) in [7, 11) is 0. The van der Waals surface area contributed by atoms with Gasteiger partial charge < -0.3 is 9.52 Å². The minimum absolute atomic E-state index is 0.535. The molecule has 0 saturated carbocycles. The molecule has 5 heteroatoms. The van der Waals surface area contributed by atoms with E-state index >= 15 is 0 Å². The van der Waals surface area contributed by atoms with Gasteiger partial charge in [-0.15, -0.1) is 10.2 Å². The predicted octanol–water partition coefficient (Wildman–Crippen LogP) is 2.64. The van der Waals surface area contributed by atoms with Crippen molar-refractivity contribution in [2.24, 2.45) is 0 Å². The second kappa shape index (κ2) is 6.37. The lowest BCUT2D eigenvalue weighted by molar-refractivity contribution is 0.0329. The van der Waals surface area contributed by atoms with Crippen molar-refractivity contribution in [3.63, 3.8) is 0 Å². The van der Waals surface area contributed by atoms with Gasteiger partial charge in [-0.1, -0.05) is 24.6 Å². The zero-order valence-electron chi connectivity index (χ0n) is 13.1. The summed E-state index contributed by atoms with van der Waals surface area (Å²) in [6.45, 7) is 9.58. The largest absolute Gasteiger partial charge is 0.419 e. The standard InChI is InChI=1S/C16H23N3O2/c1-5-19(11-16(3,4)20)10-14-17-18-15(21-14)13-8-6-7-12(2)9-13/h6-9,20H,5,10-11H2,1-4H3. The summed E-state index contributed by atoms with van der Waals surface area (Å²) in [5.74, 6) is 1.10. The summed E-state index contributed by atoms with van der Waals surface area (Å²) in [5, 5.41) is 18.1. The van der Waals surface area contributed by atoms with Gasteiger partial charge in [-0.05, 0) is 39.4 Å². The average Bonchev–Trinajstić information content (AvgIpc) is 2.85. The van der Waals surface area contributed by atoms with Gasteiger partial charge >= 0.3 is 0 Å². The number of hydrogen-bond donors (Lipinski definition) is 1. The topological polar surface area (TPSA) is 62.4 Å². The van der Waals surface area contributed by atoms with Crippen molar-refractivity contribution in [1.82, 2.24) is 15.1 Å². The van der Waals surface area contributed by atoms with Crippen LogP contribution in [0.2, 0.25) is 0 Å². The van der Waals surface area contributed by atoms with Crippen LogP contribution in [-0.4, -0.2) is 38.9 Å². The smallest absolute Gasteiger partial charge is 0.247 e. The van der Waals surface area contributed by atoms with Crippen LogP contribution >= 0.6 is 0 Å². The van der Waals surface area contributed by atoms with Crippen LogP contribution in [-0.2, 0) is 6.54 Å². The summed E-state index contributed by atoms with van der Waals surface area (Å²) in [6.07, 6.45) is 0. The van der Waals surface area contributed by atoms with E-state index in [1.165, 1.54) is 0 Å². The summed E-state index contributed by atoms with van der Waals surface area (Å²) >= 11 is 0. The quantitative estimate of drug-likeness (QED) is 0.885. The van der Waals surface area contributed by atoms with Crippen LogP contribution in [0.5, 0.6) is 0 Å². The molecule has 0 fully saturated rings. The van der Waals surface area contributed by atoms with Crippen LogP contribution in [0.15, 0.2) is 28.7 Å². The van der Waals surface area contributed by atoms with Crippen LogP contribution in [0.3, 0.4) is 0 Å². The Morgan fingerprint density at radius 2 is 2.05 bits per heavy atom. The van der Waals surface area contributed by atoms with Crippen molar-refractivity contribution >= 4 is 0 Å². The van der Waals surface area contributed by atoms with E-state index in [-0.39, 0.29) is 0 Å². The van der Waals surface area contributed by atoms with E-state index in [1.807, 2.05) is 38.1 Å². The Balaban J connectivity index is 2.09. The van der Waals surface area contributed by atoms with Crippen LogP contribution in [0, 0.1) is 6.92 Å². The molecule has 0 saturated heterocycles. The van der Waals surface area contributed by atoms with Crippen LogP contribution in [0.4, 0.5) is 0 Å². The number of likely N-dealkylation sites (N-methyl/N-ethyl adjacent to an activating group) is 1. The van der Waals surface area contributed by atoms with Gasteiger partial charge in [0.15, 0.2) is 0 Å². The number of aryl methyl sites for hydroxylation is 1.